The van der Waals surface area contributed by atoms with Crippen LogP contribution in [-0.4, -0.2) is 47.8 Å². The van der Waals surface area contributed by atoms with Crippen molar-refractivity contribution < 1.29 is 19.1 Å². The van der Waals surface area contributed by atoms with E-state index in [1.165, 1.54) is 11.8 Å². The molecule has 3 heterocycles. The molecule has 1 aromatic carbocycles. The van der Waals surface area contributed by atoms with E-state index in [1.54, 1.807) is 6.08 Å². The van der Waals surface area contributed by atoms with E-state index in [2.05, 4.69) is 30.1 Å². The number of esters is 1. The molecule has 0 spiro atoms. The van der Waals surface area contributed by atoms with Crippen LogP contribution in [0.15, 0.2) is 58.2 Å². The fourth-order valence-electron chi connectivity index (χ4n) is 4.45. The summed E-state index contributed by atoms with van der Waals surface area (Å²) >= 11 is 1.47. The summed E-state index contributed by atoms with van der Waals surface area (Å²) in [5.74, 6) is -0.504. The van der Waals surface area contributed by atoms with E-state index in [0.717, 1.165) is 47.0 Å². The number of hydrogen-bond acceptors (Lipinski definition) is 7. The number of benzene rings is 1. The van der Waals surface area contributed by atoms with Crippen LogP contribution in [0.5, 0.6) is 0 Å². The summed E-state index contributed by atoms with van der Waals surface area (Å²) in [6.07, 6.45) is 3.82. The monoisotopic (exact) mass is 481 g/mol. The molecule has 3 aliphatic heterocycles. The van der Waals surface area contributed by atoms with Gasteiger partial charge in [-0.15, -0.1) is 0 Å². The molecular weight excluding hydrogens is 450 g/mol. The molecule has 180 valence electrons. The summed E-state index contributed by atoms with van der Waals surface area (Å²) in [6.45, 7) is 10.9. The molecule has 0 radical (unpaired) electrons. The van der Waals surface area contributed by atoms with Crippen molar-refractivity contribution in [2.24, 2.45) is 4.99 Å². The van der Waals surface area contributed by atoms with Gasteiger partial charge >= 0.3 is 5.97 Å². The number of carbonyl (C=O) groups excluding carboxylic acids is 2. The maximum Gasteiger partial charge on any atom is 0.338 e. The van der Waals surface area contributed by atoms with Gasteiger partial charge in [-0.1, -0.05) is 48.2 Å². The maximum atomic E-state index is 13.2. The standard InChI is InChI=1S/C26H31N3O4S/c1-5-10-33-25(31)23-18(4)28-26-29(24(23)21-12-16(2)8-9-17(21)3)19(15-34-26)13-22(30)27-14-20-7-6-11-32-20/h5,8-9,12,15,20,24H,1,6-7,10-11,13-14H2,2-4H3,(H,27,30). The third kappa shape index (κ3) is 5.13. The van der Waals surface area contributed by atoms with Crippen LogP contribution in [0.3, 0.4) is 0 Å². The topological polar surface area (TPSA) is 80.2 Å². The second-order valence-corrected chi connectivity index (χ2v) is 9.59. The molecule has 0 aromatic heterocycles. The van der Waals surface area contributed by atoms with Crippen molar-refractivity contribution in [2.45, 2.75) is 52.2 Å². The van der Waals surface area contributed by atoms with Gasteiger partial charge in [-0.05, 0) is 50.1 Å². The first-order valence-electron chi connectivity index (χ1n) is 11.6. The number of amides is 1. The summed E-state index contributed by atoms with van der Waals surface area (Å²) in [6, 6.07) is 5.77. The number of nitrogens with zero attached hydrogens (tertiary/aromatic N) is 2. The number of ether oxygens (including phenoxy) is 2. The zero-order valence-electron chi connectivity index (χ0n) is 19.9. The number of thioether (sulfide) groups is 1. The molecule has 1 fully saturated rings. The molecule has 4 rings (SSSR count). The third-order valence-corrected chi connectivity index (χ3v) is 7.06. The van der Waals surface area contributed by atoms with Crippen molar-refractivity contribution >= 4 is 28.8 Å². The van der Waals surface area contributed by atoms with Crippen LogP contribution < -0.4 is 5.32 Å². The van der Waals surface area contributed by atoms with Gasteiger partial charge in [-0.25, -0.2) is 9.79 Å². The van der Waals surface area contributed by atoms with Gasteiger partial charge in [-0.2, -0.15) is 0 Å². The predicted molar refractivity (Wildman–Crippen MR) is 134 cm³/mol. The SMILES string of the molecule is C=CCOC(=O)C1=C(C)N=C2SC=C(CC(=O)NCC3CCCO3)N2C1c1cc(C)ccc1C. The van der Waals surface area contributed by atoms with Crippen molar-refractivity contribution in [1.29, 1.82) is 0 Å². The molecule has 1 N–H and O–H groups in total. The van der Waals surface area contributed by atoms with Gasteiger partial charge in [0.15, 0.2) is 5.17 Å². The Balaban J connectivity index is 1.64. The normalized spacial score (nSPS) is 21.7. The van der Waals surface area contributed by atoms with Crippen LogP contribution in [0.4, 0.5) is 0 Å². The first-order chi connectivity index (χ1) is 16.4. The Hall–Kier alpha value is -2.84. The second kappa shape index (κ2) is 10.6. The molecule has 2 atom stereocenters. The lowest BCUT2D eigenvalue weighted by atomic mass is 9.90. The van der Waals surface area contributed by atoms with Crippen molar-refractivity contribution in [2.75, 3.05) is 19.8 Å². The van der Waals surface area contributed by atoms with E-state index in [4.69, 9.17) is 14.5 Å². The van der Waals surface area contributed by atoms with Gasteiger partial charge in [0.05, 0.1) is 29.8 Å². The predicted octanol–water partition coefficient (Wildman–Crippen LogP) is 4.29. The molecule has 1 aromatic rings. The second-order valence-electron chi connectivity index (χ2n) is 8.76. The number of fused-ring (bicyclic) bond motifs is 1. The maximum absolute atomic E-state index is 13.2. The average Bonchev–Trinajstić information content (AvgIpc) is 3.47. The highest BCUT2D eigenvalue weighted by atomic mass is 32.2. The number of nitrogens with one attached hydrogen (secondary N) is 1. The Morgan fingerprint density at radius 1 is 1.35 bits per heavy atom. The lowest BCUT2D eigenvalue weighted by Crippen LogP contribution is -2.39. The van der Waals surface area contributed by atoms with E-state index in [1.807, 2.05) is 31.1 Å². The largest absolute Gasteiger partial charge is 0.458 e. The summed E-state index contributed by atoms with van der Waals surface area (Å²) in [7, 11) is 0. The van der Waals surface area contributed by atoms with Gasteiger partial charge in [0.25, 0.3) is 0 Å². The van der Waals surface area contributed by atoms with Crippen LogP contribution in [-0.2, 0) is 19.1 Å². The number of hydrogen-bond donors (Lipinski definition) is 1. The Morgan fingerprint density at radius 3 is 2.91 bits per heavy atom. The zero-order chi connectivity index (χ0) is 24.2. The molecule has 0 saturated carbocycles. The Bertz CT molecular complexity index is 1090. The van der Waals surface area contributed by atoms with Crippen molar-refractivity contribution in [1.82, 2.24) is 10.2 Å². The summed E-state index contributed by atoms with van der Waals surface area (Å²) in [4.78, 5) is 32.7. The van der Waals surface area contributed by atoms with Crippen molar-refractivity contribution in [3.05, 3.63) is 69.9 Å². The molecule has 0 bridgehead atoms. The minimum Gasteiger partial charge on any atom is -0.458 e. The first-order valence-corrected chi connectivity index (χ1v) is 12.4. The van der Waals surface area contributed by atoms with E-state index < -0.39 is 12.0 Å². The van der Waals surface area contributed by atoms with Gasteiger partial charge < -0.3 is 19.7 Å². The molecule has 3 aliphatic rings. The van der Waals surface area contributed by atoms with Gasteiger partial charge in [-0.3, -0.25) is 4.79 Å². The van der Waals surface area contributed by atoms with Gasteiger partial charge in [0.2, 0.25) is 5.91 Å². The molecule has 1 amide bonds. The minimum absolute atomic E-state index is 0.0784. The number of carbonyl (C=O) groups is 2. The van der Waals surface area contributed by atoms with Crippen molar-refractivity contribution in [3.63, 3.8) is 0 Å². The van der Waals surface area contributed by atoms with Crippen LogP contribution in [0.25, 0.3) is 0 Å². The molecule has 2 unspecified atom stereocenters. The zero-order valence-corrected chi connectivity index (χ0v) is 20.7. The first kappa shape index (κ1) is 24.3. The Morgan fingerprint density at radius 2 is 2.18 bits per heavy atom. The molecule has 34 heavy (non-hydrogen) atoms. The van der Waals surface area contributed by atoms with E-state index in [9.17, 15) is 9.59 Å². The van der Waals surface area contributed by atoms with E-state index >= 15 is 0 Å². The number of allylic oxidation sites excluding steroid dienone is 1. The molecule has 7 nitrogen and oxygen atoms in total. The fraction of sp³-hybridized carbons (Fsp3) is 0.423. The highest BCUT2D eigenvalue weighted by molar-refractivity contribution is 8.16. The van der Waals surface area contributed by atoms with Crippen LogP contribution >= 0.6 is 11.8 Å². The number of rotatable bonds is 8. The highest BCUT2D eigenvalue weighted by Gasteiger charge is 2.41. The lowest BCUT2D eigenvalue weighted by molar-refractivity contribution is -0.138. The molecule has 8 heteroatoms. The van der Waals surface area contributed by atoms with E-state index in [0.29, 0.717) is 17.8 Å². The highest BCUT2D eigenvalue weighted by Crippen LogP contribution is 2.45. The summed E-state index contributed by atoms with van der Waals surface area (Å²) in [5, 5.41) is 5.70. The quantitative estimate of drug-likeness (QED) is 0.441. The Labute approximate surface area is 205 Å². The number of amidine groups is 1. The van der Waals surface area contributed by atoms with Crippen LogP contribution in [0, 0.1) is 13.8 Å². The molecule has 0 aliphatic carbocycles. The van der Waals surface area contributed by atoms with Crippen LogP contribution in [0.1, 0.15) is 48.9 Å². The Kier molecular flexibility index (Phi) is 7.58. The fourth-order valence-corrected chi connectivity index (χ4v) is 5.42. The average molecular weight is 482 g/mol. The van der Waals surface area contributed by atoms with Gasteiger partial charge in [0.1, 0.15) is 6.61 Å². The minimum atomic E-state index is -0.433. The van der Waals surface area contributed by atoms with E-state index in [-0.39, 0.29) is 25.0 Å². The molecule has 1 saturated heterocycles. The molecular formula is C26H31N3O4S. The van der Waals surface area contributed by atoms with Crippen LogP contribution in [0.2, 0.25) is 0 Å². The smallest absolute Gasteiger partial charge is 0.338 e. The van der Waals surface area contributed by atoms with Gasteiger partial charge in [0, 0.05) is 18.8 Å². The summed E-state index contributed by atoms with van der Waals surface area (Å²) < 4.78 is 11.1. The number of aliphatic imine (C=N–C) groups is 1. The third-order valence-electron chi connectivity index (χ3n) is 6.17. The lowest BCUT2D eigenvalue weighted by Gasteiger charge is -2.37. The van der Waals surface area contributed by atoms with Crippen molar-refractivity contribution in [3.8, 4) is 0 Å². The number of aryl methyl sites for hydroxylation is 2. The summed E-state index contributed by atoms with van der Waals surface area (Å²) in [5.41, 5.74) is 5.04.